The summed E-state index contributed by atoms with van der Waals surface area (Å²) in [6.07, 6.45) is 8.41. The van der Waals surface area contributed by atoms with Crippen LogP contribution in [0.5, 0.6) is 5.75 Å². The number of aryl methyl sites for hydroxylation is 2. The maximum absolute atomic E-state index is 14.0. The van der Waals surface area contributed by atoms with E-state index in [2.05, 4.69) is 65.3 Å². The molecule has 3 aliphatic heterocycles. The number of carbonyl (C=O) groups excluding carboxylic acids is 1. The van der Waals surface area contributed by atoms with Crippen molar-refractivity contribution in [3.05, 3.63) is 65.2 Å². The molecule has 1 amide bonds. The number of hydrogen-bond donors (Lipinski definition) is 0. The van der Waals surface area contributed by atoms with Gasteiger partial charge in [0.1, 0.15) is 12.4 Å². The summed E-state index contributed by atoms with van der Waals surface area (Å²) in [5.41, 5.74) is 3.81. The first-order valence-electron chi connectivity index (χ1n) is 12.9. The number of amides is 1. The molecule has 0 aliphatic carbocycles. The third-order valence-electron chi connectivity index (χ3n) is 8.19. The number of likely N-dealkylation sites (tertiary alicyclic amines) is 1. The van der Waals surface area contributed by atoms with Crippen molar-refractivity contribution in [1.82, 2.24) is 9.80 Å². The number of benzene rings is 2. The SMILES string of the molecule is Cc1ccc(CN2CCC3(CCCCc4ccccc4OC[C@H]4CCCN4C3=O)CC2)cc1. The minimum absolute atomic E-state index is 0.189. The third kappa shape index (κ3) is 4.96. The standard InChI is InChI=1S/C29H38N2O2/c1-23-11-13-24(14-12-23)21-30-19-16-29(17-20-30)15-5-4-8-25-7-2-3-10-27(25)33-22-26-9-6-18-31(26)28(29)32/h2-3,7,10-14,26H,4-6,8-9,15-22H2,1H3/t26-/m1/s1. The summed E-state index contributed by atoms with van der Waals surface area (Å²) in [7, 11) is 0. The molecule has 4 heteroatoms. The zero-order valence-electron chi connectivity index (χ0n) is 20.1. The van der Waals surface area contributed by atoms with Crippen molar-refractivity contribution in [3.63, 3.8) is 0 Å². The first kappa shape index (κ1) is 22.5. The van der Waals surface area contributed by atoms with E-state index in [1.54, 1.807) is 0 Å². The van der Waals surface area contributed by atoms with Crippen molar-refractivity contribution < 1.29 is 9.53 Å². The van der Waals surface area contributed by atoms with Crippen molar-refractivity contribution in [2.45, 2.75) is 70.9 Å². The lowest BCUT2D eigenvalue weighted by Crippen LogP contribution is -2.52. The highest BCUT2D eigenvalue weighted by Gasteiger charge is 2.45. The summed E-state index contributed by atoms with van der Waals surface area (Å²) >= 11 is 0. The highest BCUT2D eigenvalue weighted by atomic mass is 16.5. The maximum Gasteiger partial charge on any atom is 0.229 e. The van der Waals surface area contributed by atoms with Gasteiger partial charge >= 0.3 is 0 Å². The topological polar surface area (TPSA) is 32.8 Å². The molecule has 0 N–H and O–H groups in total. The van der Waals surface area contributed by atoms with Gasteiger partial charge < -0.3 is 9.64 Å². The minimum atomic E-state index is -0.189. The lowest BCUT2D eigenvalue weighted by Gasteiger charge is -2.44. The number of ether oxygens (including phenoxy) is 1. The van der Waals surface area contributed by atoms with Crippen LogP contribution in [0.15, 0.2) is 48.5 Å². The van der Waals surface area contributed by atoms with Crippen LogP contribution in [0.2, 0.25) is 0 Å². The van der Waals surface area contributed by atoms with Gasteiger partial charge in [-0.25, -0.2) is 0 Å². The van der Waals surface area contributed by atoms with Gasteiger partial charge in [0.25, 0.3) is 0 Å². The average molecular weight is 447 g/mol. The summed E-state index contributed by atoms with van der Waals surface area (Å²) in [4.78, 5) is 18.8. The van der Waals surface area contributed by atoms with Gasteiger partial charge in [-0.15, -0.1) is 0 Å². The van der Waals surface area contributed by atoms with Gasteiger partial charge in [-0.2, -0.15) is 0 Å². The second-order valence-corrected chi connectivity index (χ2v) is 10.5. The van der Waals surface area contributed by atoms with E-state index in [1.165, 1.54) is 16.7 Å². The quantitative estimate of drug-likeness (QED) is 0.621. The number of fused-ring (bicyclic) bond motifs is 2. The lowest BCUT2D eigenvalue weighted by atomic mass is 9.72. The van der Waals surface area contributed by atoms with Gasteiger partial charge in [0, 0.05) is 13.1 Å². The zero-order valence-corrected chi connectivity index (χ0v) is 20.1. The normalized spacial score (nSPS) is 23.8. The van der Waals surface area contributed by atoms with Crippen LogP contribution in [0.4, 0.5) is 0 Å². The molecule has 1 spiro atoms. The van der Waals surface area contributed by atoms with Crippen LogP contribution in [0, 0.1) is 12.3 Å². The molecule has 0 bridgehead atoms. The zero-order chi connectivity index (χ0) is 22.7. The second-order valence-electron chi connectivity index (χ2n) is 10.5. The fourth-order valence-electron chi connectivity index (χ4n) is 6.06. The van der Waals surface area contributed by atoms with E-state index in [-0.39, 0.29) is 11.5 Å². The average Bonchev–Trinajstić information content (AvgIpc) is 3.31. The minimum Gasteiger partial charge on any atom is -0.491 e. The molecule has 3 aliphatic rings. The predicted molar refractivity (Wildman–Crippen MR) is 132 cm³/mol. The van der Waals surface area contributed by atoms with Crippen molar-refractivity contribution >= 4 is 5.91 Å². The van der Waals surface area contributed by atoms with Crippen LogP contribution in [-0.2, 0) is 17.8 Å². The molecule has 176 valence electrons. The summed E-state index contributed by atoms with van der Waals surface area (Å²) in [6.45, 7) is 6.66. The number of rotatable bonds is 2. The third-order valence-corrected chi connectivity index (χ3v) is 8.19. The molecule has 4 nitrogen and oxygen atoms in total. The van der Waals surface area contributed by atoms with Gasteiger partial charge in [-0.1, -0.05) is 54.4 Å². The predicted octanol–water partition coefficient (Wildman–Crippen LogP) is 5.37. The number of para-hydroxylation sites is 1. The molecule has 0 radical (unpaired) electrons. The van der Waals surface area contributed by atoms with E-state index in [4.69, 9.17) is 4.74 Å². The highest BCUT2D eigenvalue weighted by Crippen LogP contribution is 2.41. The van der Waals surface area contributed by atoms with E-state index in [1.807, 2.05) is 0 Å². The van der Waals surface area contributed by atoms with Crippen molar-refractivity contribution in [3.8, 4) is 5.75 Å². The second kappa shape index (κ2) is 9.89. The van der Waals surface area contributed by atoms with Gasteiger partial charge in [-0.3, -0.25) is 9.69 Å². The highest BCUT2D eigenvalue weighted by molar-refractivity contribution is 5.83. The van der Waals surface area contributed by atoms with E-state index in [9.17, 15) is 4.79 Å². The van der Waals surface area contributed by atoms with Crippen LogP contribution in [-0.4, -0.2) is 48.0 Å². The summed E-state index contributed by atoms with van der Waals surface area (Å²) in [5, 5.41) is 0. The molecule has 2 aromatic rings. The Morgan fingerprint density at radius 3 is 2.55 bits per heavy atom. The Bertz CT molecular complexity index is 946. The molecular weight excluding hydrogens is 408 g/mol. The largest absolute Gasteiger partial charge is 0.491 e. The van der Waals surface area contributed by atoms with Crippen molar-refractivity contribution in [2.75, 3.05) is 26.2 Å². The Kier molecular flexibility index (Phi) is 6.73. The van der Waals surface area contributed by atoms with Crippen molar-refractivity contribution in [2.24, 2.45) is 5.41 Å². The molecule has 1 atom stereocenters. The Labute approximate surface area is 198 Å². The van der Waals surface area contributed by atoms with Crippen LogP contribution < -0.4 is 4.74 Å². The molecule has 3 heterocycles. The van der Waals surface area contributed by atoms with E-state index < -0.39 is 0 Å². The maximum atomic E-state index is 14.0. The molecule has 0 aromatic heterocycles. The number of piperidine rings is 1. The Morgan fingerprint density at radius 1 is 0.939 bits per heavy atom. The molecule has 0 saturated carbocycles. The fraction of sp³-hybridized carbons (Fsp3) is 0.552. The van der Waals surface area contributed by atoms with Crippen LogP contribution in [0.3, 0.4) is 0 Å². The number of carbonyl (C=O) groups is 1. The van der Waals surface area contributed by atoms with Gasteiger partial charge in [0.15, 0.2) is 0 Å². The summed E-state index contributed by atoms with van der Waals surface area (Å²) in [6, 6.07) is 17.6. The molecule has 2 fully saturated rings. The number of nitrogens with zero attached hydrogens (tertiary/aromatic N) is 2. The first-order valence-corrected chi connectivity index (χ1v) is 12.9. The molecular formula is C29H38N2O2. The Morgan fingerprint density at radius 2 is 1.73 bits per heavy atom. The Balaban J connectivity index is 1.31. The van der Waals surface area contributed by atoms with Gasteiger partial charge in [0.05, 0.1) is 11.5 Å². The van der Waals surface area contributed by atoms with Crippen molar-refractivity contribution in [1.29, 1.82) is 0 Å². The van der Waals surface area contributed by atoms with E-state index in [0.29, 0.717) is 12.5 Å². The Hall–Kier alpha value is -2.33. The van der Waals surface area contributed by atoms with Gasteiger partial charge in [-0.05, 0) is 82.2 Å². The molecule has 33 heavy (non-hydrogen) atoms. The van der Waals surface area contributed by atoms with Crippen LogP contribution in [0.1, 0.15) is 61.6 Å². The molecule has 5 rings (SSSR count). The molecule has 0 unspecified atom stereocenters. The fourth-order valence-corrected chi connectivity index (χ4v) is 6.06. The van der Waals surface area contributed by atoms with Gasteiger partial charge in [0.2, 0.25) is 5.91 Å². The summed E-state index contributed by atoms with van der Waals surface area (Å²) in [5.74, 6) is 1.42. The lowest BCUT2D eigenvalue weighted by molar-refractivity contribution is -0.147. The van der Waals surface area contributed by atoms with Crippen LogP contribution >= 0.6 is 0 Å². The monoisotopic (exact) mass is 446 g/mol. The smallest absolute Gasteiger partial charge is 0.229 e. The van der Waals surface area contributed by atoms with E-state index in [0.717, 1.165) is 83.3 Å². The summed E-state index contributed by atoms with van der Waals surface area (Å²) < 4.78 is 6.29. The van der Waals surface area contributed by atoms with Crippen LogP contribution in [0.25, 0.3) is 0 Å². The first-order chi connectivity index (χ1) is 16.1. The van der Waals surface area contributed by atoms with E-state index >= 15 is 0 Å². The molecule has 2 saturated heterocycles. The molecule has 2 aromatic carbocycles. The number of hydrogen-bond acceptors (Lipinski definition) is 3.